The molecule has 80 valence electrons. The lowest BCUT2D eigenvalue weighted by molar-refractivity contribution is 0.0828. The smallest absolute Gasteiger partial charge is 0.119 e. The van der Waals surface area contributed by atoms with E-state index in [1.807, 2.05) is 0 Å². The number of benzene rings is 1. The van der Waals surface area contributed by atoms with Crippen molar-refractivity contribution in [3.05, 3.63) is 30.3 Å². The van der Waals surface area contributed by atoms with Crippen LogP contribution in [0.4, 0.5) is 5.69 Å². The molecule has 2 nitrogen and oxygen atoms in total. The van der Waals surface area contributed by atoms with Crippen LogP contribution in [0, 0.1) is 0 Å². The quantitative estimate of drug-likeness (QED) is 0.696. The molecule has 0 radical (unpaired) electrons. The minimum absolute atomic E-state index is 0.485. The van der Waals surface area contributed by atoms with Crippen molar-refractivity contribution in [3.63, 3.8) is 0 Å². The number of para-hydroxylation sites is 1. The lowest BCUT2D eigenvalue weighted by Gasteiger charge is -2.30. The van der Waals surface area contributed by atoms with Crippen LogP contribution in [0.5, 0.6) is 0 Å². The van der Waals surface area contributed by atoms with Crippen molar-refractivity contribution in [2.75, 3.05) is 11.6 Å². The number of ether oxygens (including phenoxy) is 1. The van der Waals surface area contributed by atoms with Gasteiger partial charge < -0.3 is 9.64 Å². The van der Waals surface area contributed by atoms with Crippen LogP contribution in [0.25, 0.3) is 0 Å². The molecule has 1 heterocycles. The minimum Gasteiger partial charge on any atom is -0.356 e. The zero-order chi connectivity index (χ0) is 10.1. The molecule has 2 fully saturated rings. The topological polar surface area (TPSA) is 12.5 Å². The third-order valence-corrected chi connectivity index (χ3v) is 3.58. The lowest BCUT2D eigenvalue weighted by atomic mass is 9.92. The second kappa shape index (κ2) is 3.86. The Balaban J connectivity index is 1.82. The summed E-state index contributed by atoms with van der Waals surface area (Å²) in [6.45, 7) is 0.777. The molecule has 0 unspecified atom stereocenters. The molecule has 1 saturated heterocycles. The molecule has 1 aromatic carbocycles. The largest absolute Gasteiger partial charge is 0.356 e. The first-order chi connectivity index (χ1) is 7.45. The molecule has 1 aromatic rings. The molecule has 1 aliphatic heterocycles. The molecule has 0 aromatic heterocycles. The van der Waals surface area contributed by atoms with E-state index in [4.69, 9.17) is 4.74 Å². The van der Waals surface area contributed by atoms with Gasteiger partial charge in [0.05, 0.1) is 12.1 Å². The van der Waals surface area contributed by atoms with Gasteiger partial charge in [0.25, 0.3) is 0 Å². The van der Waals surface area contributed by atoms with Gasteiger partial charge in [-0.2, -0.15) is 0 Å². The molecule has 2 atom stereocenters. The highest BCUT2D eigenvalue weighted by molar-refractivity contribution is 5.47. The summed E-state index contributed by atoms with van der Waals surface area (Å²) in [4.78, 5) is 2.42. The molecule has 2 aliphatic rings. The van der Waals surface area contributed by atoms with Crippen molar-refractivity contribution >= 4 is 5.69 Å². The van der Waals surface area contributed by atoms with Crippen LogP contribution in [0.2, 0.25) is 0 Å². The van der Waals surface area contributed by atoms with Crippen molar-refractivity contribution in [3.8, 4) is 0 Å². The lowest BCUT2D eigenvalue weighted by Crippen LogP contribution is -2.37. The Kier molecular flexibility index (Phi) is 2.37. The third kappa shape index (κ3) is 1.63. The number of hydrogen-bond acceptors (Lipinski definition) is 2. The molecule has 0 N–H and O–H groups in total. The number of anilines is 1. The van der Waals surface area contributed by atoms with Gasteiger partial charge in [0, 0.05) is 5.69 Å². The average molecular weight is 203 g/mol. The van der Waals surface area contributed by atoms with Crippen LogP contribution in [-0.4, -0.2) is 18.9 Å². The average Bonchev–Trinajstić information content (AvgIpc) is 2.74. The normalized spacial score (nSPS) is 30.3. The molecule has 3 rings (SSSR count). The van der Waals surface area contributed by atoms with E-state index in [0.29, 0.717) is 12.1 Å². The number of hydrogen-bond donors (Lipinski definition) is 0. The standard InChI is InChI=1S/C13H17NO/c1-2-6-11(7-3-1)14-10-15-13-9-5-4-8-12(13)14/h1-3,6-7,12-13H,4-5,8-10H2/t12-,13-/m0/s1. The third-order valence-electron chi connectivity index (χ3n) is 3.58. The molecular weight excluding hydrogens is 186 g/mol. The van der Waals surface area contributed by atoms with Crippen LogP contribution in [0.1, 0.15) is 25.7 Å². The Labute approximate surface area is 90.8 Å². The summed E-state index contributed by atoms with van der Waals surface area (Å²) in [6.07, 6.45) is 5.71. The molecule has 0 amide bonds. The highest BCUT2D eigenvalue weighted by Gasteiger charge is 2.36. The highest BCUT2D eigenvalue weighted by atomic mass is 16.5. The van der Waals surface area contributed by atoms with Gasteiger partial charge in [-0.15, -0.1) is 0 Å². The van der Waals surface area contributed by atoms with Crippen molar-refractivity contribution < 1.29 is 4.74 Å². The fraction of sp³-hybridized carbons (Fsp3) is 0.538. The molecule has 1 aliphatic carbocycles. The highest BCUT2D eigenvalue weighted by Crippen LogP contribution is 2.33. The Hall–Kier alpha value is -1.02. The van der Waals surface area contributed by atoms with E-state index < -0.39 is 0 Å². The van der Waals surface area contributed by atoms with Crippen molar-refractivity contribution in [1.29, 1.82) is 0 Å². The van der Waals surface area contributed by atoms with E-state index in [2.05, 4.69) is 35.2 Å². The molecule has 0 spiro atoms. The first-order valence-corrected chi connectivity index (χ1v) is 5.88. The molecule has 1 saturated carbocycles. The number of rotatable bonds is 1. The minimum atomic E-state index is 0.485. The molecular formula is C13H17NO. The van der Waals surface area contributed by atoms with Gasteiger partial charge in [-0.25, -0.2) is 0 Å². The number of nitrogens with zero attached hydrogens (tertiary/aromatic N) is 1. The van der Waals surface area contributed by atoms with Crippen LogP contribution in [0.3, 0.4) is 0 Å². The van der Waals surface area contributed by atoms with Crippen molar-refractivity contribution in [1.82, 2.24) is 0 Å². The zero-order valence-corrected chi connectivity index (χ0v) is 8.93. The van der Waals surface area contributed by atoms with Crippen LogP contribution in [0.15, 0.2) is 30.3 Å². The van der Waals surface area contributed by atoms with Gasteiger partial charge in [0.15, 0.2) is 0 Å². The molecule has 0 bridgehead atoms. The van der Waals surface area contributed by atoms with Crippen LogP contribution in [-0.2, 0) is 4.74 Å². The van der Waals surface area contributed by atoms with E-state index >= 15 is 0 Å². The first-order valence-electron chi connectivity index (χ1n) is 5.88. The maximum atomic E-state index is 5.85. The van der Waals surface area contributed by atoms with Gasteiger partial charge in [-0.1, -0.05) is 31.0 Å². The predicted octanol–water partition coefficient (Wildman–Crippen LogP) is 2.79. The Bertz CT molecular complexity index is 325. The van der Waals surface area contributed by atoms with Gasteiger partial charge in [0.1, 0.15) is 6.73 Å². The SMILES string of the molecule is c1ccc(N2CO[C@H]3CCCC[C@@H]32)cc1. The second-order valence-electron chi connectivity index (χ2n) is 4.49. The van der Waals surface area contributed by atoms with E-state index in [9.17, 15) is 0 Å². The monoisotopic (exact) mass is 203 g/mol. The summed E-state index contributed by atoms with van der Waals surface area (Å²) in [5.41, 5.74) is 1.31. The summed E-state index contributed by atoms with van der Waals surface area (Å²) < 4.78 is 5.85. The second-order valence-corrected chi connectivity index (χ2v) is 4.49. The van der Waals surface area contributed by atoms with E-state index in [0.717, 1.165) is 6.73 Å². The molecule has 15 heavy (non-hydrogen) atoms. The van der Waals surface area contributed by atoms with Gasteiger partial charge in [-0.3, -0.25) is 0 Å². The summed E-state index contributed by atoms with van der Waals surface area (Å²) in [5, 5.41) is 0. The molecule has 2 heteroatoms. The predicted molar refractivity (Wildman–Crippen MR) is 60.9 cm³/mol. The summed E-state index contributed by atoms with van der Waals surface area (Å²) in [7, 11) is 0. The summed E-state index contributed by atoms with van der Waals surface area (Å²) in [5.74, 6) is 0. The van der Waals surface area contributed by atoms with Crippen LogP contribution < -0.4 is 4.90 Å². The van der Waals surface area contributed by atoms with E-state index in [1.165, 1.54) is 31.4 Å². The summed E-state index contributed by atoms with van der Waals surface area (Å²) in [6, 6.07) is 11.3. The van der Waals surface area contributed by atoms with Crippen molar-refractivity contribution in [2.24, 2.45) is 0 Å². The fourth-order valence-corrected chi connectivity index (χ4v) is 2.79. The van der Waals surface area contributed by atoms with Gasteiger partial charge in [0.2, 0.25) is 0 Å². The fourth-order valence-electron chi connectivity index (χ4n) is 2.79. The maximum absolute atomic E-state index is 5.85. The van der Waals surface area contributed by atoms with Gasteiger partial charge >= 0.3 is 0 Å². The van der Waals surface area contributed by atoms with Crippen molar-refractivity contribution in [2.45, 2.75) is 37.8 Å². The maximum Gasteiger partial charge on any atom is 0.119 e. The zero-order valence-electron chi connectivity index (χ0n) is 8.93. The Morgan fingerprint density at radius 2 is 1.87 bits per heavy atom. The number of fused-ring (bicyclic) bond motifs is 1. The Morgan fingerprint density at radius 1 is 1.07 bits per heavy atom. The first kappa shape index (κ1) is 9.22. The Morgan fingerprint density at radius 3 is 2.73 bits per heavy atom. The van der Waals surface area contributed by atoms with Gasteiger partial charge in [-0.05, 0) is 25.0 Å². The van der Waals surface area contributed by atoms with Crippen LogP contribution >= 0.6 is 0 Å². The van der Waals surface area contributed by atoms with E-state index in [1.54, 1.807) is 0 Å². The van der Waals surface area contributed by atoms with E-state index in [-0.39, 0.29) is 0 Å². The summed E-state index contributed by atoms with van der Waals surface area (Å²) >= 11 is 0.